The number of nitrogens with one attached hydrogen (secondary N) is 1. The molecule has 2 nitrogen and oxygen atoms in total. The molecule has 0 unspecified atom stereocenters. The zero-order valence-electron chi connectivity index (χ0n) is 10.9. The number of hydrogen-bond donors (Lipinski definition) is 2. The summed E-state index contributed by atoms with van der Waals surface area (Å²) in [6.45, 7) is 2.08. The Labute approximate surface area is 122 Å². The highest BCUT2D eigenvalue weighted by Crippen LogP contribution is 2.27. The van der Waals surface area contributed by atoms with E-state index < -0.39 is 0 Å². The Balaban J connectivity index is 0.000000637. The third-order valence-corrected chi connectivity index (χ3v) is 3.55. The van der Waals surface area contributed by atoms with E-state index in [1.54, 1.807) is 17.6 Å². The molecule has 0 saturated carbocycles. The molecule has 0 bridgehead atoms. The molecule has 0 fully saturated rings. The van der Waals surface area contributed by atoms with E-state index >= 15 is 0 Å². The lowest BCUT2D eigenvalue weighted by atomic mass is 10.2. The molecule has 98 valence electrons. The molecule has 19 heavy (non-hydrogen) atoms. The van der Waals surface area contributed by atoms with Crippen molar-refractivity contribution in [3.8, 4) is 0 Å². The standard InChI is InChI=1S/C14H12N2S.CH4S/c1-10-6-8-11(9-7-10)15-14-16-12-4-2-3-5-13(12)17-14;1-2/h2-9H,1H3,(H,15,16);2H,1H3. The molecule has 0 spiro atoms. The van der Waals surface area contributed by atoms with Crippen LogP contribution in [0.25, 0.3) is 10.2 Å². The first kappa shape index (κ1) is 13.9. The zero-order chi connectivity index (χ0) is 13.7. The van der Waals surface area contributed by atoms with Gasteiger partial charge in [-0.15, -0.1) is 0 Å². The third-order valence-electron chi connectivity index (χ3n) is 2.60. The first-order valence-electron chi connectivity index (χ1n) is 5.95. The summed E-state index contributed by atoms with van der Waals surface area (Å²) in [6.07, 6.45) is 1.69. The molecular formula is C15H16N2S2. The number of hydrogen-bond acceptors (Lipinski definition) is 4. The van der Waals surface area contributed by atoms with E-state index in [1.165, 1.54) is 10.3 Å². The fourth-order valence-electron chi connectivity index (χ4n) is 1.69. The minimum atomic E-state index is 0.940. The van der Waals surface area contributed by atoms with Gasteiger partial charge in [0.25, 0.3) is 0 Å². The van der Waals surface area contributed by atoms with E-state index in [1.807, 2.05) is 18.2 Å². The molecule has 2 aromatic carbocycles. The maximum atomic E-state index is 4.54. The molecular weight excluding hydrogens is 272 g/mol. The van der Waals surface area contributed by atoms with E-state index in [0.29, 0.717) is 0 Å². The average Bonchev–Trinajstić information content (AvgIpc) is 2.86. The highest BCUT2D eigenvalue weighted by Gasteiger charge is 2.02. The SMILES string of the molecule is CS.Cc1ccc(Nc2nc3ccccc3s2)cc1. The van der Waals surface area contributed by atoms with Crippen LogP contribution in [0.3, 0.4) is 0 Å². The Morgan fingerprint density at radius 3 is 2.37 bits per heavy atom. The summed E-state index contributed by atoms with van der Waals surface area (Å²) in [7, 11) is 0. The van der Waals surface area contributed by atoms with Crippen molar-refractivity contribution in [2.75, 3.05) is 11.6 Å². The molecule has 0 atom stereocenters. The lowest BCUT2D eigenvalue weighted by Gasteiger charge is -2.01. The van der Waals surface area contributed by atoms with Crippen LogP contribution in [0.5, 0.6) is 0 Å². The van der Waals surface area contributed by atoms with Gasteiger partial charge in [0.1, 0.15) is 0 Å². The molecule has 0 aliphatic rings. The number of nitrogens with zero attached hydrogens (tertiary/aromatic N) is 1. The smallest absolute Gasteiger partial charge is 0.188 e. The van der Waals surface area contributed by atoms with Crippen molar-refractivity contribution in [3.05, 3.63) is 54.1 Å². The number of rotatable bonds is 2. The Morgan fingerprint density at radius 2 is 1.68 bits per heavy atom. The van der Waals surface area contributed by atoms with Gasteiger partial charge in [0.15, 0.2) is 5.13 Å². The topological polar surface area (TPSA) is 24.9 Å². The molecule has 0 saturated heterocycles. The monoisotopic (exact) mass is 288 g/mol. The summed E-state index contributed by atoms with van der Waals surface area (Å²) >= 11 is 5.20. The van der Waals surface area contributed by atoms with Gasteiger partial charge in [0.05, 0.1) is 10.2 Å². The van der Waals surface area contributed by atoms with Crippen molar-refractivity contribution >= 4 is 45.0 Å². The van der Waals surface area contributed by atoms with E-state index in [2.05, 4.69) is 60.2 Å². The minimum Gasteiger partial charge on any atom is -0.332 e. The van der Waals surface area contributed by atoms with Crippen LogP contribution in [0.1, 0.15) is 5.56 Å². The Morgan fingerprint density at radius 1 is 1.00 bits per heavy atom. The second kappa shape index (κ2) is 6.59. The summed E-state index contributed by atoms with van der Waals surface area (Å²) in [5.41, 5.74) is 3.39. The average molecular weight is 288 g/mol. The number of para-hydroxylation sites is 1. The number of anilines is 2. The van der Waals surface area contributed by atoms with Gasteiger partial charge < -0.3 is 5.32 Å². The van der Waals surface area contributed by atoms with E-state index in [9.17, 15) is 0 Å². The fourth-order valence-corrected chi connectivity index (χ4v) is 2.57. The summed E-state index contributed by atoms with van der Waals surface area (Å²) in [6, 6.07) is 16.5. The van der Waals surface area contributed by atoms with Crippen LogP contribution in [0.15, 0.2) is 48.5 Å². The van der Waals surface area contributed by atoms with Crippen molar-refractivity contribution in [2.24, 2.45) is 0 Å². The summed E-state index contributed by atoms with van der Waals surface area (Å²) < 4.78 is 1.21. The van der Waals surface area contributed by atoms with Gasteiger partial charge in [-0.25, -0.2) is 4.98 Å². The first-order chi connectivity index (χ1) is 9.31. The minimum absolute atomic E-state index is 0.940. The highest BCUT2D eigenvalue weighted by atomic mass is 32.1. The molecule has 0 aliphatic heterocycles. The lowest BCUT2D eigenvalue weighted by molar-refractivity contribution is 1.42. The normalized spacial score (nSPS) is 9.84. The number of aromatic nitrogens is 1. The van der Waals surface area contributed by atoms with E-state index in [-0.39, 0.29) is 0 Å². The lowest BCUT2D eigenvalue weighted by Crippen LogP contribution is -1.88. The van der Waals surface area contributed by atoms with Gasteiger partial charge in [-0.2, -0.15) is 12.6 Å². The second-order valence-corrected chi connectivity index (χ2v) is 5.01. The van der Waals surface area contributed by atoms with Gasteiger partial charge in [-0.1, -0.05) is 41.2 Å². The van der Waals surface area contributed by atoms with Crippen LogP contribution in [-0.4, -0.2) is 11.2 Å². The number of aryl methyl sites for hydroxylation is 1. The fraction of sp³-hybridized carbons (Fsp3) is 0.133. The largest absolute Gasteiger partial charge is 0.332 e. The summed E-state index contributed by atoms with van der Waals surface area (Å²) in [4.78, 5) is 4.54. The van der Waals surface area contributed by atoms with Crippen molar-refractivity contribution in [1.29, 1.82) is 0 Å². The third kappa shape index (κ3) is 3.49. The maximum Gasteiger partial charge on any atom is 0.188 e. The van der Waals surface area contributed by atoms with Crippen molar-refractivity contribution in [2.45, 2.75) is 6.92 Å². The van der Waals surface area contributed by atoms with Gasteiger partial charge in [-0.3, -0.25) is 0 Å². The molecule has 0 aliphatic carbocycles. The summed E-state index contributed by atoms with van der Waals surface area (Å²) in [5, 5.41) is 4.27. The number of thiol groups is 1. The predicted molar refractivity (Wildman–Crippen MR) is 89.0 cm³/mol. The van der Waals surface area contributed by atoms with Gasteiger partial charge in [0, 0.05) is 5.69 Å². The van der Waals surface area contributed by atoms with Crippen molar-refractivity contribution in [3.63, 3.8) is 0 Å². The molecule has 0 amide bonds. The van der Waals surface area contributed by atoms with Crippen LogP contribution in [0, 0.1) is 6.92 Å². The predicted octanol–water partition coefficient (Wildman–Crippen LogP) is 4.89. The Hall–Kier alpha value is -1.52. The van der Waals surface area contributed by atoms with Crippen LogP contribution < -0.4 is 5.32 Å². The van der Waals surface area contributed by atoms with Crippen LogP contribution in [0.2, 0.25) is 0 Å². The van der Waals surface area contributed by atoms with Gasteiger partial charge in [0.2, 0.25) is 0 Å². The quantitative estimate of drug-likeness (QED) is 0.656. The van der Waals surface area contributed by atoms with E-state index in [0.717, 1.165) is 16.3 Å². The molecule has 3 aromatic rings. The molecule has 4 heteroatoms. The number of benzene rings is 2. The number of fused-ring (bicyclic) bond motifs is 1. The molecule has 0 radical (unpaired) electrons. The zero-order valence-corrected chi connectivity index (χ0v) is 12.6. The Kier molecular flexibility index (Phi) is 4.82. The molecule has 1 aromatic heterocycles. The van der Waals surface area contributed by atoms with Gasteiger partial charge >= 0.3 is 0 Å². The van der Waals surface area contributed by atoms with Crippen LogP contribution in [0.4, 0.5) is 10.8 Å². The van der Waals surface area contributed by atoms with Crippen LogP contribution in [-0.2, 0) is 0 Å². The second-order valence-electron chi connectivity index (χ2n) is 3.98. The van der Waals surface area contributed by atoms with Crippen molar-refractivity contribution < 1.29 is 0 Å². The van der Waals surface area contributed by atoms with Gasteiger partial charge in [-0.05, 0) is 37.4 Å². The van der Waals surface area contributed by atoms with E-state index in [4.69, 9.17) is 0 Å². The first-order valence-corrected chi connectivity index (χ1v) is 7.66. The molecule has 3 rings (SSSR count). The summed E-state index contributed by atoms with van der Waals surface area (Å²) in [5.74, 6) is 0. The molecule has 1 N–H and O–H groups in total. The van der Waals surface area contributed by atoms with Crippen LogP contribution >= 0.6 is 24.0 Å². The van der Waals surface area contributed by atoms with Crippen molar-refractivity contribution in [1.82, 2.24) is 4.98 Å². The highest BCUT2D eigenvalue weighted by molar-refractivity contribution is 7.79. The Bertz CT molecular complexity index is 612. The molecule has 1 heterocycles. The maximum absolute atomic E-state index is 4.54. The number of thiazole rings is 1.